The fraction of sp³-hybridized carbons (Fsp3) is 0.562. The Morgan fingerprint density at radius 3 is 2.14 bits per heavy atom. The van der Waals surface area contributed by atoms with Crippen molar-refractivity contribution in [2.24, 2.45) is 0 Å². The Morgan fingerprint density at radius 2 is 1.68 bits per heavy atom. The maximum Gasteiger partial charge on any atom is 0.269 e. The number of unbranched alkanes of at least 4 members (excludes halogenated alkanes) is 2. The van der Waals surface area contributed by atoms with Crippen molar-refractivity contribution in [2.45, 2.75) is 39.5 Å². The average molecular weight is 307 g/mol. The number of hydrogen-bond acceptors (Lipinski definition) is 4. The maximum atomic E-state index is 12.1. The van der Waals surface area contributed by atoms with Crippen molar-refractivity contribution >= 4 is 17.3 Å². The lowest BCUT2D eigenvalue weighted by atomic mass is 10.2. The number of nitrogens with zero attached hydrogens (tertiary/aromatic N) is 2. The molecule has 6 heteroatoms. The largest absolute Gasteiger partial charge is 0.325 e. The number of non-ortho nitro benzene ring substituents is 1. The summed E-state index contributed by atoms with van der Waals surface area (Å²) in [6, 6.07) is 5.89. The van der Waals surface area contributed by atoms with E-state index in [4.69, 9.17) is 0 Å². The molecule has 1 aromatic rings. The molecular weight excluding hydrogens is 282 g/mol. The highest BCUT2D eigenvalue weighted by molar-refractivity contribution is 5.92. The molecule has 0 aliphatic heterocycles. The first kappa shape index (κ1) is 18.1. The maximum absolute atomic E-state index is 12.1. The summed E-state index contributed by atoms with van der Waals surface area (Å²) < 4.78 is 0. The number of nitrogens with one attached hydrogen (secondary N) is 1. The molecule has 122 valence electrons. The Balaban J connectivity index is 2.52. The fourth-order valence-electron chi connectivity index (χ4n) is 2.10. The fourth-order valence-corrected chi connectivity index (χ4v) is 2.10. The van der Waals surface area contributed by atoms with Crippen LogP contribution in [0.15, 0.2) is 24.3 Å². The summed E-state index contributed by atoms with van der Waals surface area (Å²) in [4.78, 5) is 24.4. The van der Waals surface area contributed by atoms with Crippen LogP contribution in [0.4, 0.5) is 11.4 Å². The number of carbonyl (C=O) groups is 1. The summed E-state index contributed by atoms with van der Waals surface area (Å²) in [6.45, 7) is 6.47. The highest BCUT2D eigenvalue weighted by atomic mass is 16.6. The molecule has 0 spiro atoms. The van der Waals surface area contributed by atoms with E-state index in [1.807, 2.05) is 0 Å². The Hall–Kier alpha value is -1.95. The number of amides is 1. The first-order valence-electron chi connectivity index (χ1n) is 7.83. The van der Waals surface area contributed by atoms with E-state index >= 15 is 0 Å². The van der Waals surface area contributed by atoms with Gasteiger partial charge in [0.1, 0.15) is 0 Å². The van der Waals surface area contributed by atoms with Gasteiger partial charge >= 0.3 is 0 Å². The van der Waals surface area contributed by atoms with Crippen LogP contribution in [0.3, 0.4) is 0 Å². The number of benzene rings is 1. The van der Waals surface area contributed by atoms with Gasteiger partial charge in [-0.2, -0.15) is 0 Å². The zero-order valence-electron chi connectivity index (χ0n) is 13.4. The van der Waals surface area contributed by atoms with E-state index in [2.05, 4.69) is 24.1 Å². The molecule has 0 unspecified atom stereocenters. The van der Waals surface area contributed by atoms with Crippen molar-refractivity contribution in [1.29, 1.82) is 0 Å². The zero-order valence-corrected chi connectivity index (χ0v) is 13.4. The van der Waals surface area contributed by atoms with Crippen LogP contribution in [0.2, 0.25) is 0 Å². The summed E-state index contributed by atoms with van der Waals surface area (Å²) in [7, 11) is 0. The van der Waals surface area contributed by atoms with Crippen LogP contribution in [-0.4, -0.2) is 35.4 Å². The first-order valence-corrected chi connectivity index (χ1v) is 7.83. The van der Waals surface area contributed by atoms with Gasteiger partial charge in [0.15, 0.2) is 0 Å². The molecule has 0 aliphatic carbocycles. The van der Waals surface area contributed by atoms with Gasteiger partial charge in [-0.05, 0) is 38.1 Å². The molecule has 0 aliphatic rings. The van der Waals surface area contributed by atoms with Crippen LogP contribution in [0.1, 0.15) is 39.5 Å². The normalized spacial score (nSPS) is 10.7. The molecule has 0 saturated carbocycles. The van der Waals surface area contributed by atoms with E-state index in [0.717, 1.165) is 38.8 Å². The molecule has 0 fully saturated rings. The molecule has 0 bridgehead atoms. The van der Waals surface area contributed by atoms with E-state index in [-0.39, 0.29) is 11.6 Å². The zero-order chi connectivity index (χ0) is 16.4. The third-order valence-electron chi connectivity index (χ3n) is 3.38. The number of carbonyl (C=O) groups excluding carboxylic acids is 1. The number of anilines is 1. The molecule has 22 heavy (non-hydrogen) atoms. The van der Waals surface area contributed by atoms with Gasteiger partial charge in [-0.1, -0.05) is 26.7 Å². The molecule has 0 heterocycles. The molecule has 1 aromatic carbocycles. The second-order valence-corrected chi connectivity index (χ2v) is 5.34. The van der Waals surface area contributed by atoms with Gasteiger partial charge in [0, 0.05) is 17.8 Å². The molecule has 0 saturated heterocycles. The summed E-state index contributed by atoms with van der Waals surface area (Å²) in [6.07, 6.45) is 4.36. The van der Waals surface area contributed by atoms with Crippen LogP contribution in [0, 0.1) is 10.1 Å². The van der Waals surface area contributed by atoms with Gasteiger partial charge in [-0.25, -0.2) is 0 Å². The van der Waals surface area contributed by atoms with Gasteiger partial charge in [0.05, 0.1) is 11.5 Å². The van der Waals surface area contributed by atoms with E-state index < -0.39 is 4.92 Å². The average Bonchev–Trinajstić information content (AvgIpc) is 2.50. The lowest BCUT2D eigenvalue weighted by Gasteiger charge is -2.21. The Kier molecular flexibility index (Phi) is 8.14. The van der Waals surface area contributed by atoms with Gasteiger partial charge in [-0.3, -0.25) is 19.8 Å². The highest BCUT2D eigenvalue weighted by Gasteiger charge is 2.11. The molecule has 1 amide bonds. The van der Waals surface area contributed by atoms with E-state index in [1.54, 1.807) is 12.1 Å². The predicted molar refractivity (Wildman–Crippen MR) is 88.0 cm³/mol. The SMILES string of the molecule is CCCCN(CCCC)CC(=O)Nc1ccc([N+](=O)[O-])cc1. The molecule has 0 radical (unpaired) electrons. The van der Waals surface area contributed by atoms with Crippen molar-refractivity contribution < 1.29 is 9.72 Å². The van der Waals surface area contributed by atoms with Crippen molar-refractivity contribution in [3.05, 3.63) is 34.4 Å². The predicted octanol–water partition coefficient (Wildman–Crippen LogP) is 3.44. The van der Waals surface area contributed by atoms with Crippen LogP contribution in [0.5, 0.6) is 0 Å². The molecule has 1 N–H and O–H groups in total. The minimum absolute atomic E-state index is 0.0190. The third kappa shape index (κ3) is 6.67. The molecule has 0 aromatic heterocycles. The first-order chi connectivity index (χ1) is 10.6. The lowest BCUT2D eigenvalue weighted by Crippen LogP contribution is -2.34. The van der Waals surface area contributed by atoms with Crippen molar-refractivity contribution in [2.75, 3.05) is 25.0 Å². The molecular formula is C16H25N3O3. The van der Waals surface area contributed by atoms with Crippen molar-refractivity contribution in [3.63, 3.8) is 0 Å². The number of nitro groups is 1. The summed E-state index contributed by atoms with van der Waals surface area (Å²) in [5.41, 5.74) is 0.604. The minimum Gasteiger partial charge on any atom is -0.325 e. The molecule has 6 nitrogen and oxygen atoms in total. The van der Waals surface area contributed by atoms with Crippen LogP contribution in [-0.2, 0) is 4.79 Å². The summed E-state index contributed by atoms with van der Waals surface area (Å²) in [5, 5.41) is 13.4. The monoisotopic (exact) mass is 307 g/mol. The molecule has 0 atom stereocenters. The summed E-state index contributed by atoms with van der Waals surface area (Å²) in [5.74, 6) is -0.0824. The van der Waals surface area contributed by atoms with E-state index in [0.29, 0.717) is 12.2 Å². The minimum atomic E-state index is -0.456. The number of hydrogen-bond donors (Lipinski definition) is 1. The van der Waals surface area contributed by atoms with Gasteiger partial charge < -0.3 is 5.32 Å². The highest BCUT2D eigenvalue weighted by Crippen LogP contribution is 2.15. The van der Waals surface area contributed by atoms with Crippen LogP contribution in [0.25, 0.3) is 0 Å². The summed E-state index contributed by atoms with van der Waals surface area (Å²) >= 11 is 0. The Bertz CT molecular complexity index is 466. The lowest BCUT2D eigenvalue weighted by molar-refractivity contribution is -0.384. The Morgan fingerprint density at radius 1 is 1.14 bits per heavy atom. The number of rotatable bonds is 10. The van der Waals surface area contributed by atoms with Crippen molar-refractivity contribution in [1.82, 2.24) is 4.90 Å². The quantitative estimate of drug-likeness (QED) is 0.531. The van der Waals surface area contributed by atoms with Crippen LogP contribution < -0.4 is 5.32 Å². The smallest absolute Gasteiger partial charge is 0.269 e. The van der Waals surface area contributed by atoms with Crippen molar-refractivity contribution in [3.8, 4) is 0 Å². The third-order valence-corrected chi connectivity index (χ3v) is 3.38. The Labute approximate surface area is 131 Å². The second kappa shape index (κ2) is 9.89. The second-order valence-electron chi connectivity index (χ2n) is 5.34. The van der Waals surface area contributed by atoms with Gasteiger partial charge in [-0.15, -0.1) is 0 Å². The molecule has 1 rings (SSSR count). The van der Waals surface area contributed by atoms with Gasteiger partial charge in [0.25, 0.3) is 5.69 Å². The van der Waals surface area contributed by atoms with E-state index in [1.165, 1.54) is 12.1 Å². The van der Waals surface area contributed by atoms with Gasteiger partial charge in [0.2, 0.25) is 5.91 Å². The standard InChI is InChI=1S/C16H25N3O3/c1-3-5-11-18(12-6-4-2)13-16(20)17-14-7-9-15(10-8-14)19(21)22/h7-10H,3-6,11-13H2,1-2H3,(H,17,20). The van der Waals surface area contributed by atoms with E-state index in [9.17, 15) is 14.9 Å². The van der Waals surface area contributed by atoms with Crippen LogP contribution >= 0.6 is 0 Å². The number of nitro benzene ring substituents is 1. The topological polar surface area (TPSA) is 75.5 Å².